The molecule has 0 aromatic carbocycles. The van der Waals surface area contributed by atoms with Crippen LogP contribution in [0.4, 0.5) is 16.8 Å². The van der Waals surface area contributed by atoms with Crippen LogP contribution in [0.3, 0.4) is 0 Å². The summed E-state index contributed by atoms with van der Waals surface area (Å²) in [6.07, 6.45) is 1.63. The summed E-state index contributed by atoms with van der Waals surface area (Å²) in [6.45, 7) is 11.5. The third kappa shape index (κ3) is 6.52. The van der Waals surface area contributed by atoms with Gasteiger partial charge in [0.2, 0.25) is 0 Å². The third-order valence-corrected chi connectivity index (χ3v) is 5.39. The molecule has 0 aliphatic carbocycles. The monoisotopic (exact) mass is 426 g/mol. The maximum atomic E-state index is 5.95. The van der Waals surface area contributed by atoms with Gasteiger partial charge in [-0.15, -0.1) is 0 Å². The summed E-state index contributed by atoms with van der Waals surface area (Å²) in [5, 5.41) is 3.94. The second-order valence-electron chi connectivity index (χ2n) is 6.39. The number of ether oxygens (including phenoxy) is 2. The molecule has 0 bridgehead atoms. The van der Waals surface area contributed by atoms with Gasteiger partial charge in [-0.2, -0.15) is 0 Å². The fourth-order valence-electron chi connectivity index (χ4n) is 2.96. The Kier molecular flexibility index (Phi) is 8.23. The van der Waals surface area contributed by atoms with Crippen molar-refractivity contribution in [2.45, 2.75) is 13.8 Å². The van der Waals surface area contributed by atoms with Crippen molar-refractivity contribution in [2.24, 2.45) is 0 Å². The zero-order valence-corrected chi connectivity index (χ0v) is 17.9. The van der Waals surface area contributed by atoms with E-state index < -0.39 is 0 Å². The molecule has 0 amide bonds. The molecule has 10 heteroatoms. The van der Waals surface area contributed by atoms with Crippen LogP contribution in [0.15, 0.2) is 12.3 Å². The number of halogens is 1. The summed E-state index contributed by atoms with van der Waals surface area (Å²) in [4.78, 5) is 18.0. The fourth-order valence-corrected chi connectivity index (χ4v) is 3.78. The van der Waals surface area contributed by atoms with Crippen LogP contribution in [0.1, 0.15) is 12.7 Å². The zero-order chi connectivity index (χ0) is 19.8. The Bertz CT molecular complexity index is 739. The van der Waals surface area contributed by atoms with Gasteiger partial charge in [0.1, 0.15) is 21.8 Å². The Labute approximate surface area is 174 Å². The van der Waals surface area contributed by atoms with Crippen LogP contribution in [0.25, 0.3) is 0 Å². The van der Waals surface area contributed by atoms with E-state index in [-0.39, 0.29) is 0 Å². The van der Waals surface area contributed by atoms with Gasteiger partial charge in [-0.25, -0.2) is 15.0 Å². The van der Waals surface area contributed by atoms with Gasteiger partial charge in [-0.1, -0.05) is 22.9 Å². The minimum absolute atomic E-state index is 0.645. The lowest BCUT2D eigenvalue weighted by Gasteiger charge is -2.35. The number of hydrogen-bond donors (Lipinski definition) is 1. The normalized spacial score (nSPS) is 15.2. The van der Waals surface area contributed by atoms with Gasteiger partial charge in [0.15, 0.2) is 5.13 Å². The summed E-state index contributed by atoms with van der Waals surface area (Å²) in [7, 11) is 0. The Morgan fingerprint density at radius 1 is 1.14 bits per heavy atom. The van der Waals surface area contributed by atoms with Gasteiger partial charge < -0.3 is 19.7 Å². The maximum Gasteiger partial charge on any atom is 0.189 e. The average Bonchev–Trinajstić information content (AvgIpc) is 3.09. The summed E-state index contributed by atoms with van der Waals surface area (Å²) < 4.78 is 11.5. The van der Waals surface area contributed by atoms with Gasteiger partial charge in [-0.05, 0) is 13.8 Å². The molecule has 28 heavy (non-hydrogen) atoms. The van der Waals surface area contributed by atoms with E-state index in [0.29, 0.717) is 17.6 Å². The Hall–Kier alpha value is -1.52. The summed E-state index contributed by atoms with van der Waals surface area (Å²) in [5.74, 6) is 2.40. The Morgan fingerprint density at radius 2 is 1.93 bits per heavy atom. The van der Waals surface area contributed by atoms with Crippen molar-refractivity contribution < 1.29 is 9.47 Å². The first-order chi connectivity index (χ1) is 13.6. The van der Waals surface area contributed by atoms with Crippen molar-refractivity contribution in [3.05, 3.63) is 22.4 Å². The standard InChI is InChI=1S/C18H27ClN6O2S/c1-3-26-10-11-27-9-8-24-4-6-25(7-5-24)17-12-16(21-14(2)22-17)23-18-20-13-15(19)28-18/h12-13H,3-11H2,1-2H3,(H,20,21,22,23). The first-order valence-corrected chi connectivity index (χ1v) is 10.7. The number of thiazole rings is 1. The summed E-state index contributed by atoms with van der Waals surface area (Å²) in [6, 6.07) is 1.97. The number of aromatic nitrogens is 3. The minimum Gasteiger partial charge on any atom is -0.379 e. The molecule has 0 radical (unpaired) electrons. The second kappa shape index (κ2) is 10.9. The van der Waals surface area contributed by atoms with Gasteiger partial charge >= 0.3 is 0 Å². The van der Waals surface area contributed by atoms with Crippen LogP contribution in [0, 0.1) is 6.92 Å². The lowest BCUT2D eigenvalue weighted by atomic mass is 10.3. The molecule has 1 aliphatic heterocycles. The second-order valence-corrected chi connectivity index (χ2v) is 8.05. The van der Waals surface area contributed by atoms with E-state index in [1.54, 1.807) is 6.20 Å². The first kappa shape index (κ1) is 21.2. The zero-order valence-electron chi connectivity index (χ0n) is 16.4. The number of rotatable bonds is 10. The van der Waals surface area contributed by atoms with Crippen LogP contribution in [-0.4, -0.2) is 79.0 Å². The van der Waals surface area contributed by atoms with Crippen molar-refractivity contribution in [2.75, 3.05) is 69.4 Å². The molecule has 154 valence electrons. The van der Waals surface area contributed by atoms with Crippen LogP contribution in [0.2, 0.25) is 4.34 Å². The molecule has 0 saturated carbocycles. The Morgan fingerprint density at radius 3 is 2.64 bits per heavy atom. The smallest absolute Gasteiger partial charge is 0.189 e. The molecule has 1 fully saturated rings. The quantitative estimate of drug-likeness (QED) is 0.581. The SMILES string of the molecule is CCOCCOCCN1CCN(c2cc(Nc3ncc(Cl)s3)nc(C)n2)CC1. The highest BCUT2D eigenvalue weighted by Gasteiger charge is 2.19. The number of piperazine rings is 1. The van der Waals surface area contributed by atoms with E-state index in [1.807, 2.05) is 19.9 Å². The topological polar surface area (TPSA) is 75.6 Å². The predicted molar refractivity (Wildman–Crippen MR) is 113 cm³/mol. The molecule has 8 nitrogen and oxygen atoms in total. The molecule has 0 atom stereocenters. The molecule has 1 N–H and O–H groups in total. The highest BCUT2D eigenvalue weighted by atomic mass is 35.5. The molecule has 3 heterocycles. The molecule has 2 aromatic heterocycles. The molecule has 0 spiro atoms. The van der Waals surface area contributed by atoms with E-state index in [1.165, 1.54) is 11.3 Å². The van der Waals surface area contributed by atoms with Crippen molar-refractivity contribution in [3.8, 4) is 0 Å². The fraction of sp³-hybridized carbons (Fsp3) is 0.611. The molecular formula is C18H27ClN6O2S. The van der Waals surface area contributed by atoms with Gasteiger partial charge in [-0.3, -0.25) is 4.90 Å². The predicted octanol–water partition coefficient (Wildman–Crippen LogP) is 2.81. The highest BCUT2D eigenvalue weighted by Crippen LogP contribution is 2.26. The van der Waals surface area contributed by atoms with E-state index >= 15 is 0 Å². The van der Waals surface area contributed by atoms with E-state index in [4.69, 9.17) is 21.1 Å². The van der Waals surface area contributed by atoms with Crippen LogP contribution in [-0.2, 0) is 9.47 Å². The molecule has 2 aromatic rings. The first-order valence-electron chi connectivity index (χ1n) is 9.51. The maximum absolute atomic E-state index is 5.95. The van der Waals surface area contributed by atoms with Gasteiger partial charge in [0.05, 0.1) is 26.0 Å². The van der Waals surface area contributed by atoms with Crippen molar-refractivity contribution in [3.63, 3.8) is 0 Å². The van der Waals surface area contributed by atoms with E-state index in [9.17, 15) is 0 Å². The van der Waals surface area contributed by atoms with E-state index in [0.717, 1.165) is 68.5 Å². The van der Waals surface area contributed by atoms with Crippen molar-refractivity contribution >= 4 is 39.7 Å². The number of anilines is 3. The number of hydrogen-bond acceptors (Lipinski definition) is 9. The molecule has 0 unspecified atom stereocenters. The lowest BCUT2D eigenvalue weighted by Crippen LogP contribution is -2.47. The summed E-state index contributed by atoms with van der Waals surface area (Å²) >= 11 is 7.33. The average molecular weight is 427 g/mol. The number of nitrogens with one attached hydrogen (secondary N) is 1. The van der Waals surface area contributed by atoms with Crippen LogP contribution in [0.5, 0.6) is 0 Å². The van der Waals surface area contributed by atoms with Gasteiger partial charge in [0, 0.05) is 45.4 Å². The molecule has 1 aliphatic rings. The third-order valence-electron chi connectivity index (χ3n) is 4.36. The van der Waals surface area contributed by atoms with Crippen LogP contribution >= 0.6 is 22.9 Å². The molecular weight excluding hydrogens is 400 g/mol. The summed E-state index contributed by atoms with van der Waals surface area (Å²) in [5.41, 5.74) is 0. The minimum atomic E-state index is 0.645. The largest absolute Gasteiger partial charge is 0.379 e. The molecule has 1 saturated heterocycles. The van der Waals surface area contributed by atoms with Gasteiger partial charge in [0.25, 0.3) is 0 Å². The number of aryl methyl sites for hydroxylation is 1. The molecule has 3 rings (SSSR count). The Balaban J connectivity index is 1.47. The lowest BCUT2D eigenvalue weighted by molar-refractivity contribution is 0.0422. The number of nitrogens with zero attached hydrogens (tertiary/aromatic N) is 5. The van der Waals surface area contributed by atoms with Crippen molar-refractivity contribution in [1.82, 2.24) is 19.9 Å². The highest BCUT2D eigenvalue weighted by molar-refractivity contribution is 7.19. The van der Waals surface area contributed by atoms with Crippen LogP contribution < -0.4 is 10.2 Å². The van der Waals surface area contributed by atoms with Crippen molar-refractivity contribution in [1.29, 1.82) is 0 Å². The van der Waals surface area contributed by atoms with E-state index in [2.05, 4.69) is 30.1 Å².